The van der Waals surface area contributed by atoms with Crippen molar-refractivity contribution in [1.29, 1.82) is 0 Å². The van der Waals surface area contributed by atoms with Crippen LogP contribution < -0.4 is 38.5 Å². The molecule has 4 amide bonds. The molecule has 0 fully saturated rings. The van der Waals surface area contributed by atoms with Crippen LogP contribution in [0.3, 0.4) is 0 Å². The molecule has 2 aromatic carbocycles. The van der Waals surface area contributed by atoms with E-state index in [4.69, 9.17) is 17.2 Å². The van der Waals surface area contributed by atoms with Crippen molar-refractivity contribution in [2.75, 3.05) is 6.54 Å². The van der Waals surface area contributed by atoms with Gasteiger partial charge in [-0.1, -0.05) is 88.4 Å². The number of aliphatic imine (C=N–C) groups is 1. The number of hydrogen-bond donors (Lipinski definition) is 8. The maximum absolute atomic E-state index is 13.8. The third-order valence-corrected chi connectivity index (χ3v) is 7.61. The predicted molar refractivity (Wildman–Crippen MR) is 183 cm³/mol. The van der Waals surface area contributed by atoms with E-state index in [1.807, 2.05) is 30.3 Å². The minimum absolute atomic E-state index is 0.0570. The molecule has 14 heteroatoms. The summed E-state index contributed by atoms with van der Waals surface area (Å²) in [5, 5.41) is 20.3. The molecule has 14 nitrogen and oxygen atoms in total. The molecule has 0 aliphatic heterocycles. The summed E-state index contributed by atoms with van der Waals surface area (Å²) >= 11 is 0. The van der Waals surface area contributed by atoms with Crippen LogP contribution in [-0.4, -0.2) is 77.4 Å². The minimum Gasteiger partial charge on any atom is -0.480 e. The molecule has 0 bridgehead atoms. The number of carboxylic acids is 1. The second-order valence-electron chi connectivity index (χ2n) is 12.4. The molecule has 2 aromatic rings. The largest absolute Gasteiger partial charge is 0.480 e. The molecule has 0 aliphatic carbocycles. The van der Waals surface area contributed by atoms with Crippen molar-refractivity contribution >= 4 is 35.6 Å². The average Bonchev–Trinajstić information content (AvgIpc) is 3.03. The van der Waals surface area contributed by atoms with Crippen LogP contribution in [0.1, 0.15) is 51.7 Å². The Morgan fingerprint density at radius 3 is 1.65 bits per heavy atom. The number of guanidine groups is 1. The van der Waals surface area contributed by atoms with E-state index in [9.17, 15) is 29.1 Å². The van der Waals surface area contributed by atoms with Gasteiger partial charge >= 0.3 is 5.97 Å². The fourth-order valence-corrected chi connectivity index (χ4v) is 4.89. The highest BCUT2D eigenvalue weighted by Crippen LogP contribution is 2.10. The van der Waals surface area contributed by atoms with Crippen LogP contribution in [0.5, 0.6) is 0 Å². The van der Waals surface area contributed by atoms with Gasteiger partial charge in [0.25, 0.3) is 0 Å². The molecular weight excluding hydrogens is 616 g/mol. The third-order valence-electron chi connectivity index (χ3n) is 7.61. The van der Waals surface area contributed by atoms with Gasteiger partial charge in [-0.2, -0.15) is 0 Å². The van der Waals surface area contributed by atoms with Crippen molar-refractivity contribution in [2.45, 2.75) is 83.6 Å². The Bertz CT molecular complexity index is 1380. The van der Waals surface area contributed by atoms with E-state index in [-0.39, 0.29) is 37.7 Å². The quantitative estimate of drug-likeness (QED) is 0.0579. The zero-order valence-corrected chi connectivity index (χ0v) is 28.0. The van der Waals surface area contributed by atoms with Gasteiger partial charge in [-0.25, -0.2) is 4.79 Å². The molecule has 0 unspecified atom stereocenters. The number of rotatable bonds is 19. The lowest BCUT2D eigenvalue weighted by Crippen LogP contribution is -2.60. The summed E-state index contributed by atoms with van der Waals surface area (Å²) < 4.78 is 0. The van der Waals surface area contributed by atoms with Crippen LogP contribution in [0.2, 0.25) is 0 Å². The van der Waals surface area contributed by atoms with Crippen molar-refractivity contribution in [3.8, 4) is 0 Å². The first kappa shape index (κ1) is 39.2. The van der Waals surface area contributed by atoms with E-state index in [1.54, 1.807) is 58.0 Å². The molecule has 0 aromatic heterocycles. The van der Waals surface area contributed by atoms with Gasteiger partial charge in [-0.3, -0.25) is 24.2 Å². The Hall–Kier alpha value is -4.98. The molecule has 0 radical (unpaired) electrons. The Labute approximate surface area is 281 Å². The maximum Gasteiger partial charge on any atom is 0.326 e. The Kier molecular flexibility index (Phi) is 16.0. The Morgan fingerprint density at radius 2 is 1.15 bits per heavy atom. The number of nitrogens with one attached hydrogen (secondary N) is 4. The lowest BCUT2D eigenvalue weighted by Gasteiger charge is -2.28. The standard InChI is InChI=1S/C34H50N8O6/c1-20(2)27(41-29(43)24(35)18-22-12-7-5-8-13-22)32(46)39-25(16-11-17-38-34(36)37)30(44)40-26(19-23-14-9-6-10-15-23)31(45)42-28(21(3)4)33(47)48/h5-10,12-15,20-21,24-28H,11,16-19,35H2,1-4H3,(H,39,46)(H,40,44)(H,41,43)(H,42,45)(H,47,48)(H4,36,37,38)/t24-,25-,26-,27-,28-/m0/s1. The first-order chi connectivity index (χ1) is 22.7. The van der Waals surface area contributed by atoms with Crippen LogP contribution in [0, 0.1) is 11.8 Å². The zero-order chi connectivity index (χ0) is 35.8. The highest BCUT2D eigenvalue weighted by molar-refractivity contribution is 5.95. The van der Waals surface area contributed by atoms with E-state index in [0.29, 0.717) is 6.42 Å². The van der Waals surface area contributed by atoms with E-state index >= 15 is 0 Å². The number of carbonyl (C=O) groups is 5. The van der Waals surface area contributed by atoms with Gasteiger partial charge in [0.05, 0.1) is 6.04 Å². The number of carbonyl (C=O) groups excluding carboxylic acids is 4. The number of aliphatic carboxylic acids is 1. The first-order valence-electron chi connectivity index (χ1n) is 16.0. The van der Waals surface area contributed by atoms with Gasteiger partial charge < -0.3 is 43.6 Å². The monoisotopic (exact) mass is 666 g/mol. The minimum atomic E-state index is -1.21. The smallest absolute Gasteiger partial charge is 0.326 e. The molecule has 0 saturated heterocycles. The first-order valence-corrected chi connectivity index (χ1v) is 16.0. The highest BCUT2D eigenvalue weighted by atomic mass is 16.4. The molecule has 0 spiro atoms. The normalized spacial score (nSPS) is 14.1. The summed E-state index contributed by atoms with van der Waals surface area (Å²) in [4.78, 5) is 69.6. The van der Waals surface area contributed by atoms with Crippen LogP contribution in [0.15, 0.2) is 65.7 Å². The van der Waals surface area contributed by atoms with Crippen molar-refractivity contribution in [2.24, 2.45) is 34.0 Å². The number of amides is 4. The van der Waals surface area contributed by atoms with Crippen molar-refractivity contribution in [1.82, 2.24) is 21.3 Å². The molecule has 11 N–H and O–H groups in total. The van der Waals surface area contributed by atoms with Crippen LogP contribution in [0.4, 0.5) is 0 Å². The zero-order valence-electron chi connectivity index (χ0n) is 28.0. The van der Waals surface area contributed by atoms with Gasteiger partial charge in [0.15, 0.2) is 5.96 Å². The lowest BCUT2D eigenvalue weighted by molar-refractivity contribution is -0.143. The molecule has 0 heterocycles. The number of nitrogens with zero attached hydrogens (tertiary/aromatic N) is 1. The van der Waals surface area contributed by atoms with E-state index in [1.165, 1.54) is 0 Å². The fraction of sp³-hybridized carbons (Fsp3) is 0.471. The second kappa shape index (κ2) is 19.6. The average molecular weight is 667 g/mol. The Morgan fingerprint density at radius 1 is 0.667 bits per heavy atom. The highest BCUT2D eigenvalue weighted by Gasteiger charge is 2.33. The SMILES string of the molecule is CC(C)[C@H](NC(=O)[C@H](Cc1ccccc1)NC(=O)[C@H](CCCN=C(N)N)NC(=O)[C@@H](NC(=O)[C@@H](N)Cc1ccccc1)C(C)C)C(=O)O. The summed E-state index contributed by atoms with van der Waals surface area (Å²) in [5.41, 5.74) is 18.6. The van der Waals surface area contributed by atoms with E-state index in [0.717, 1.165) is 11.1 Å². The summed E-state index contributed by atoms with van der Waals surface area (Å²) in [5.74, 6) is -4.67. The third kappa shape index (κ3) is 13.4. The molecule has 0 aliphatic rings. The number of carboxylic acid groups (broad SMARTS) is 1. The van der Waals surface area contributed by atoms with Gasteiger partial charge in [0.2, 0.25) is 23.6 Å². The lowest BCUT2D eigenvalue weighted by atomic mass is 9.99. The van der Waals surface area contributed by atoms with Gasteiger partial charge in [-0.15, -0.1) is 0 Å². The molecule has 0 saturated carbocycles. The molecular formula is C34H50N8O6. The van der Waals surface area contributed by atoms with Crippen molar-refractivity contribution in [3.05, 3.63) is 71.8 Å². The fourth-order valence-electron chi connectivity index (χ4n) is 4.89. The van der Waals surface area contributed by atoms with Crippen LogP contribution in [-0.2, 0) is 36.8 Å². The van der Waals surface area contributed by atoms with E-state index in [2.05, 4.69) is 26.3 Å². The topological polar surface area (TPSA) is 244 Å². The molecule has 48 heavy (non-hydrogen) atoms. The van der Waals surface area contributed by atoms with Crippen molar-refractivity contribution < 1.29 is 29.1 Å². The van der Waals surface area contributed by atoms with E-state index < -0.39 is 65.7 Å². The van der Waals surface area contributed by atoms with Gasteiger partial charge in [0, 0.05) is 13.0 Å². The summed E-state index contributed by atoms with van der Waals surface area (Å²) in [6.45, 7) is 6.97. The summed E-state index contributed by atoms with van der Waals surface area (Å²) in [7, 11) is 0. The summed E-state index contributed by atoms with van der Waals surface area (Å²) in [6, 6.07) is 12.7. The number of nitrogens with two attached hydrogens (primary N) is 3. The predicted octanol–water partition coefficient (Wildman–Crippen LogP) is 0.189. The molecule has 5 atom stereocenters. The maximum atomic E-state index is 13.8. The molecule has 2 rings (SSSR count). The van der Waals surface area contributed by atoms with Crippen molar-refractivity contribution in [3.63, 3.8) is 0 Å². The van der Waals surface area contributed by atoms with Crippen LogP contribution >= 0.6 is 0 Å². The van der Waals surface area contributed by atoms with Gasteiger partial charge in [-0.05, 0) is 42.2 Å². The Balaban J connectivity index is 2.28. The number of benzene rings is 2. The van der Waals surface area contributed by atoms with Gasteiger partial charge in [0.1, 0.15) is 24.2 Å². The summed E-state index contributed by atoms with van der Waals surface area (Å²) in [6.07, 6.45) is 0.700. The number of hydrogen-bond acceptors (Lipinski definition) is 7. The van der Waals surface area contributed by atoms with Crippen LogP contribution in [0.25, 0.3) is 0 Å². The second-order valence-corrected chi connectivity index (χ2v) is 12.4. The molecule has 262 valence electrons.